The molecule has 0 heterocycles. The van der Waals surface area contributed by atoms with Crippen LogP contribution in [0.25, 0.3) is 0 Å². The molecule has 0 N–H and O–H groups in total. The van der Waals surface area contributed by atoms with Crippen molar-refractivity contribution in [1.82, 2.24) is 0 Å². The predicted molar refractivity (Wildman–Crippen MR) is 79.2 cm³/mol. The van der Waals surface area contributed by atoms with Crippen LogP contribution in [0.3, 0.4) is 0 Å². The van der Waals surface area contributed by atoms with Gasteiger partial charge < -0.3 is 4.74 Å². The second-order valence-corrected chi connectivity index (χ2v) is 7.50. The largest absolute Gasteiger partial charge is 0.462 e. The lowest BCUT2D eigenvalue weighted by Crippen LogP contribution is -2.38. The molecule has 22 heavy (non-hydrogen) atoms. The number of carbonyl (C=O) groups is 1. The molecule has 3 rings (SSSR count). The normalized spacial score (nSPS) is 32.2. The third-order valence-corrected chi connectivity index (χ3v) is 6.34. The first kappa shape index (κ1) is 15.4. The smallest absolute Gasteiger partial charge is 0.310 e. The second kappa shape index (κ2) is 5.04. The molecule has 2 bridgehead atoms. The maximum atomic E-state index is 13.6. The minimum atomic E-state index is -0.698. The van der Waals surface area contributed by atoms with Crippen LogP contribution in [0.4, 0.5) is 8.78 Å². The van der Waals surface area contributed by atoms with Crippen molar-refractivity contribution in [2.45, 2.75) is 52.6 Å². The molecule has 120 valence electrons. The number of ether oxygens (including phenoxy) is 1. The molecule has 0 saturated heterocycles. The van der Waals surface area contributed by atoms with Crippen molar-refractivity contribution in [3.05, 3.63) is 35.4 Å². The molecule has 0 unspecified atom stereocenters. The van der Waals surface area contributed by atoms with Crippen LogP contribution in [0.15, 0.2) is 18.2 Å². The van der Waals surface area contributed by atoms with Crippen molar-refractivity contribution in [1.29, 1.82) is 0 Å². The molecule has 0 spiro atoms. The number of halogens is 2. The summed E-state index contributed by atoms with van der Waals surface area (Å²) in [4.78, 5) is 12.2. The van der Waals surface area contributed by atoms with Crippen LogP contribution in [0.5, 0.6) is 0 Å². The van der Waals surface area contributed by atoms with E-state index in [2.05, 4.69) is 20.8 Å². The average Bonchev–Trinajstić information content (AvgIpc) is 2.75. The van der Waals surface area contributed by atoms with E-state index in [9.17, 15) is 13.6 Å². The summed E-state index contributed by atoms with van der Waals surface area (Å²) in [7, 11) is 0. The fourth-order valence-corrected chi connectivity index (χ4v) is 4.33. The monoisotopic (exact) mass is 308 g/mol. The van der Waals surface area contributed by atoms with E-state index in [0.29, 0.717) is 5.92 Å². The summed E-state index contributed by atoms with van der Waals surface area (Å²) in [6.45, 7) is 6.69. The van der Waals surface area contributed by atoms with E-state index in [1.165, 1.54) is 12.5 Å². The van der Waals surface area contributed by atoms with Crippen LogP contribution >= 0.6 is 0 Å². The molecular weight excluding hydrogens is 286 g/mol. The van der Waals surface area contributed by atoms with Crippen molar-refractivity contribution in [2.75, 3.05) is 0 Å². The standard InChI is InChI=1S/C18H22F2O2/c1-17(2)12-6-7-18(17,3)15(9-12)22-16(21)8-11-4-5-13(19)10-14(11)20/h4-5,10,12,15H,6-9H2,1-3H3/t12-,15+,18-/m0/s1. The minimum absolute atomic E-state index is 0.00529. The van der Waals surface area contributed by atoms with Crippen LogP contribution in [0.2, 0.25) is 0 Å². The zero-order valence-electron chi connectivity index (χ0n) is 13.3. The van der Waals surface area contributed by atoms with Gasteiger partial charge in [-0.05, 0) is 42.2 Å². The van der Waals surface area contributed by atoms with E-state index in [0.717, 1.165) is 25.0 Å². The highest BCUT2D eigenvalue weighted by Crippen LogP contribution is 2.66. The van der Waals surface area contributed by atoms with Crippen LogP contribution in [0, 0.1) is 28.4 Å². The SMILES string of the molecule is CC1(C)[C@H]2CC[C@@]1(C)[C@H](OC(=O)Cc1ccc(F)cc1F)C2. The van der Waals surface area contributed by atoms with Crippen LogP contribution in [-0.4, -0.2) is 12.1 Å². The Morgan fingerprint density at radius 3 is 2.59 bits per heavy atom. The Hall–Kier alpha value is -1.45. The molecule has 2 nitrogen and oxygen atoms in total. The van der Waals surface area contributed by atoms with Gasteiger partial charge >= 0.3 is 5.97 Å². The van der Waals surface area contributed by atoms with Gasteiger partial charge in [0.25, 0.3) is 0 Å². The van der Waals surface area contributed by atoms with Crippen LogP contribution in [0.1, 0.15) is 45.6 Å². The number of carbonyl (C=O) groups excluding carboxylic acids is 1. The van der Waals surface area contributed by atoms with Gasteiger partial charge in [0.15, 0.2) is 0 Å². The molecule has 2 saturated carbocycles. The molecule has 2 fully saturated rings. The third-order valence-electron chi connectivity index (χ3n) is 6.34. The lowest BCUT2D eigenvalue weighted by Gasteiger charge is -2.38. The number of fused-ring (bicyclic) bond motifs is 2. The van der Waals surface area contributed by atoms with Crippen molar-refractivity contribution >= 4 is 5.97 Å². The molecule has 0 aromatic heterocycles. The number of esters is 1. The van der Waals surface area contributed by atoms with Gasteiger partial charge in [0.1, 0.15) is 17.7 Å². The first-order chi connectivity index (χ1) is 10.2. The Balaban J connectivity index is 1.68. The number of benzene rings is 1. The van der Waals surface area contributed by atoms with Gasteiger partial charge in [-0.3, -0.25) is 4.79 Å². The Kier molecular flexibility index (Phi) is 3.54. The van der Waals surface area contributed by atoms with E-state index in [1.807, 2.05) is 0 Å². The summed E-state index contributed by atoms with van der Waals surface area (Å²) in [5.41, 5.74) is 0.340. The average molecular weight is 308 g/mol. The Labute approximate surface area is 129 Å². The van der Waals surface area contributed by atoms with Gasteiger partial charge in [-0.2, -0.15) is 0 Å². The van der Waals surface area contributed by atoms with Crippen LogP contribution in [-0.2, 0) is 16.0 Å². The van der Waals surface area contributed by atoms with Crippen molar-refractivity contribution in [3.63, 3.8) is 0 Å². The predicted octanol–water partition coefficient (Wildman–Crippen LogP) is 4.27. The summed E-state index contributed by atoms with van der Waals surface area (Å²) in [5, 5.41) is 0. The Bertz CT molecular complexity index is 611. The lowest BCUT2D eigenvalue weighted by atomic mass is 9.70. The summed E-state index contributed by atoms with van der Waals surface area (Å²) in [5.74, 6) is -1.19. The molecule has 4 heteroatoms. The lowest BCUT2D eigenvalue weighted by molar-refractivity contribution is -0.156. The molecule has 1 aromatic carbocycles. The Morgan fingerprint density at radius 1 is 1.32 bits per heavy atom. The molecule has 0 radical (unpaired) electrons. The van der Waals surface area contributed by atoms with E-state index < -0.39 is 17.6 Å². The molecule has 3 atom stereocenters. The molecule has 2 aliphatic carbocycles. The van der Waals surface area contributed by atoms with Crippen molar-refractivity contribution in [2.24, 2.45) is 16.7 Å². The summed E-state index contributed by atoms with van der Waals surface area (Å²) < 4.78 is 32.2. The topological polar surface area (TPSA) is 26.3 Å². The summed E-state index contributed by atoms with van der Waals surface area (Å²) >= 11 is 0. The van der Waals surface area contributed by atoms with E-state index in [1.54, 1.807) is 0 Å². The number of rotatable bonds is 3. The third kappa shape index (κ3) is 2.24. The van der Waals surface area contributed by atoms with E-state index in [4.69, 9.17) is 4.74 Å². The minimum Gasteiger partial charge on any atom is -0.462 e. The van der Waals surface area contributed by atoms with Gasteiger partial charge in [-0.25, -0.2) is 8.78 Å². The highest BCUT2D eigenvalue weighted by atomic mass is 19.1. The van der Waals surface area contributed by atoms with Gasteiger partial charge in [-0.15, -0.1) is 0 Å². The van der Waals surface area contributed by atoms with Gasteiger partial charge in [0.2, 0.25) is 0 Å². The highest BCUT2D eigenvalue weighted by molar-refractivity contribution is 5.73. The van der Waals surface area contributed by atoms with Crippen molar-refractivity contribution < 1.29 is 18.3 Å². The summed E-state index contributed by atoms with van der Waals surface area (Å²) in [6.07, 6.45) is 2.89. The first-order valence-electron chi connectivity index (χ1n) is 7.87. The zero-order valence-corrected chi connectivity index (χ0v) is 13.3. The van der Waals surface area contributed by atoms with Gasteiger partial charge in [0.05, 0.1) is 6.42 Å². The Morgan fingerprint density at radius 2 is 2.05 bits per heavy atom. The fourth-order valence-electron chi connectivity index (χ4n) is 4.33. The maximum absolute atomic E-state index is 13.6. The summed E-state index contributed by atoms with van der Waals surface area (Å²) in [6, 6.07) is 3.26. The second-order valence-electron chi connectivity index (χ2n) is 7.50. The van der Waals surface area contributed by atoms with Crippen molar-refractivity contribution in [3.8, 4) is 0 Å². The van der Waals surface area contributed by atoms with Gasteiger partial charge in [-0.1, -0.05) is 26.8 Å². The molecule has 2 aliphatic rings. The van der Waals surface area contributed by atoms with Crippen LogP contribution < -0.4 is 0 Å². The van der Waals surface area contributed by atoms with E-state index in [-0.39, 0.29) is 28.9 Å². The maximum Gasteiger partial charge on any atom is 0.310 e. The first-order valence-corrected chi connectivity index (χ1v) is 7.87. The molecule has 0 aliphatic heterocycles. The van der Waals surface area contributed by atoms with E-state index >= 15 is 0 Å². The van der Waals surface area contributed by atoms with Gasteiger partial charge in [0, 0.05) is 11.5 Å². The molecule has 0 amide bonds. The highest BCUT2D eigenvalue weighted by Gasteiger charge is 2.62. The number of hydrogen-bond acceptors (Lipinski definition) is 2. The quantitative estimate of drug-likeness (QED) is 0.780. The molecule has 1 aromatic rings. The zero-order chi connectivity index (χ0) is 16.1. The number of hydrogen-bond donors (Lipinski definition) is 0. The molecular formula is C18H22F2O2. The fraction of sp³-hybridized carbons (Fsp3) is 0.611.